The Morgan fingerprint density at radius 2 is 1.76 bits per heavy atom. The fraction of sp³-hybridized carbons (Fsp3) is 0.316. The summed E-state index contributed by atoms with van der Waals surface area (Å²) in [6.45, 7) is 3.16. The van der Waals surface area contributed by atoms with Crippen LogP contribution in [0.15, 0.2) is 41.3 Å². The molecule has 0 atom stereocenters. The van der Waals surface area contributed by atoms with E-state index in [1.807, 2.05) is 0 Å². The number of morpholine rings is 1. The lowest BCUT2D eigenvalue weighted by Crippen LogP contribution is -2.40. The normalized spacial score (nSPS) is 15.1. The molecular formula is C19H19Cl2NO6S. The first kappa shape index (κ1) is 21.9. The lowest BCUT2D eigenvalue weighted by atomic mass is 10.2. The minimum Gasteiger partial charge on any atom is -0.490 e. The van der Waals surface area contributed by atoms with E-state index in [9.17, 15) is 13.2 Å². The lowest BCUT2D eigenvalue weighted by molar-refractivity contribution is 0.0724. The van der Waals surface area contributed by atoms with Gasteiger partial charge in [0.05, 0.1) is 35.4 Å². The Balaban J connectivity index is 1.94. The third kappa shape index (κ3) is 4.84. The molecule has 1 aliphatic rings. The second-order valence-electron chi connectivity index (χ2n) is 6.05. The third-order valence-electron chi connectivity index (χ3n) is 4.18. The Labute approximate surface area is 179 Å². The maximum absolute atomic E-state index is 13.0. The molecule has 0 radical (unpaired) electrons. The Morgan fingerprint density at radius 3 is 2.41 bits per heavy atom. The van der Waals surface area contributed by atoms with Crippen LogP contribution in [0.1, 0.15) is 17.3 Å². The molecule has 0 saturated carbocycles. The van der Waals surface area contributed by atoms with Crippen LogP contribution in [0.5, 0.6) is 11.5 Å². The first-order valence-electron chi connectivity index (χ1n) is 8.85. The predicted octanol–water partition coefficient (Wildman–Crippen LogP) is 3.63. The summed E-state index contributed by atoms with van der Waals surface area (Å²) < 4.78 is 43.2. The van der Waals surface area contributed by atoms with Crippen molar-refractivity contribution >= 4 is 39.2 Å². The van der Waals surface area contributed by atoms with Gasteiger partial charge >= 0.3 is 5.97 Å². The van der Waals surface area contributed by atoms with Crippen molar-refractivity contribution in [2.75, 3.05) is 32.9 Å². The molecule has 0 bridgehead atoms. The molecule has 10 heteroatoms. The van der Waals surface area contributed by atoms with E-state index in [2.05, 4.69) is 0 Å². The number of ether oxygens (including phenoxy) is 3. The lowest BCUT2D eigenvalue weighted by Gasteiger charge is -2.26. The van der Waals surface area contributed by atoms with Crippen molar-refractivity contribution in [3.05, 3.63) is 52.0 Å². The Kier molecular flexibility index (Phi) is 7.02. The molecule has 1 fully saturated rings. The van der Waals surface area contributed by atoms with Crippen molar-refractivity contribution in [2.45, 2.75) is 11.8 Å². The smallest absolute Gasteiger partial charge is 0.345 e. The van der Waals surface area contributed by atoms with E-state index in [0.29, 0.717) is 12.4 Å². The summed E-state index contributed by atoms with van der Waals surface area (Å²) >= 11 is 12.3. The number of nitrogens with zero attached hydrogens (tertiary/aromatic N) is 1. The molecule has 0 spiro atoms. The molecule has 1 heterocycles. The fourth-order valence-electron chi connectivity index (χ4n) is 2.77. The number of hydrogen-bond acceptors (Lipinski definition) is 6. The minimum atomic E-state index is -3.92. The molecule has 1 aliphatic heterocycles. The van der Waals surface area contributed by atoms with Crippen molar-refractivity contribution < 1.29 is 27.4 Å². The molecule has 2 aromatic rings. The maximum atomic E-state index is 13.0. The van der Waals surface area contributed by atoms with Gasteiger partial charge < -0.3 is 14.2 Å². The number of rotatable bonds is 6. The van der Waals surface area contributed by atoms with Crippen molar-refractivity contribution in [1.82, 2.24) is 4.31 Å². The summed E-state index contributed by atoms with van der Waals surface area (Å²) in [7, 11) is -3.92. The summed E-state index contributed by atoms with van der Waals surface area (Å²) in [6, 6.07) is 9.01. The maximum Gasteiger partial charge on any atom is 0.345 e. The van der Waals surface area contributed by atoms with E-state index < -0.39 is 16.0 Å². The highest BCUT2D eigenvalue weighted by Gasteiger charge is 2.30. The van der Waals surface area contributed by atoms with Crippen LogP contribution >= 0.6 is 23.2 Å². The first-order chi connectivity index (χ1) is 13.8. The topological polar surface area (TPSA) is 82.1 Å². The summed E-state index contributed by atoms with van der Waals surface area (Å²) in [4.78, 5) is 12.5. The standard InChI is InChI=1S/C19H19Cl2NO6S/c1-2-27-16-5-3-4-6-17(16)28-19(23)13-11-18(15(21)12-14(13)20)29(24,25)22-7-9-26-10-8-22/h3-6,11-12H,2,7-10H2,1H3. The Bertz CT molecular complexity index is 1010. The van der Waals surface area contributed by atoms with Gasteiger partial charge in [0.2, 0.25) is 10.0 Å². The van der Waals surface area contributed by atoms with Crippen LogP contribution in [0.2, 0.25) is 10.0 Å². The van der Waals surface area contributed by atoms with Crippen LogP contribution in [0.25, 0.3) is 0 Å². The van der Waals surface area contributed by atoms with Crippen molar-refractivity contribution in [1.29, 1.82) is 0 Å². The summed E-state index contributed by atoms with van der Waals surface area (Å²) in [5, 5.41) is -0.0948. The van der Waals surface area contributed by atoms with E-state index in [1.54, 1.807) is 31.2 Å². The second-order valence-corrected chi connectivity index (χ2v) is 8.77. The van der Waals surface area contributed by atoms with E-state index in [0.717, 1.165) is 6.07 Å². The van der Waals surface area contributed by atoms with E-state index in [1.165, 1.54) is 10.4 Å². The minimum absolute atomic E-state index is 0.0187. The third-order valence-corrected chi connectivity index (χ3v) is 6.86. The van der Waals surface area contributed by atoms with Crippen molar-refractivity contribution in [3.63, 3.8) is 0 Å². The molecular weight excluding hydrogens is 441 g/mol. The highest BCUT2D eigenvalue weighted by atomic mass is 35.5. The Hall–Kier alpha value is -1.84. The molecule has 29 heavy (non-hydrogen) atoms. The molecule has 0 unspecified atom stereocenters. The number of carbonyl (C=O) groups is 1. The van der Waals surface area contributed by atoms with Gasteiger partial charge in [-0.1, -0.05) is 35.3 Å². The first-order valence-corrected chi connectivity index (χ1v) is 11.0. The van der Waals surface area contributed by atoms with Gasteiger partial charge in [-0.05, 0) is 31.2 Å². The molecule has 0 aliphatic carbocycles. The van der Waals surface area contributed by atoms with E-state index in [-0.39, 0.29) is 52.6 Å². The van der Waals surface area contributed by atoms with Gasteiger partial charge in [0.15, 0.2) is 11.5 Å². The average molecular weight is 460 g/mol. The van der Waals surface area contributed by atoms with Crippen LogP contribution in [0.3, 0.4) is 0 Å². The SMILES string of the molecule is CCOc1ccccc1OC(=O)c1cc(S(=O)(=O)N2CCOCC2)c(Cl)cc1Cl. The van der Waals surface area contributed by atoms with Crippen LogP contribution in [0.4, 0.5) is 0 Å². The zero-order valence-electron chi connectivity index (χ0n) is 15.6. The number of halogens is 2. The molecule has 0 amide bonds. The number of benzene rings is 2. The van der Waals surface area contributed by atoms with Gasteiger partial charge in [-0.3, -0.25) is 0 Å². The van der Waals surface area contributed by atoms with Crippen LogP contribution < -0.4 is 9.47 Å². The molecule has 1 saturated heterocycles. The largest absolute Gasteiger partial charge is 0.490 e. The fourth-order valence-corrected chi connectivity index (χ4v) is 5.01. The zero-order chi connectivity index (χ0) is 21.0. The highest BCUT2D eigenvalue weighted by Crippen LogP contribution is 2.33. The summed E-state index contributed by atoms with van der Waals surface area (Å²) in [5.74, 6) is -0.241. The van der Waals surface area contributed by atoms with E-state index >= 15 is 0 Å². The molecule has 3 rings (SSSR count). The van der Waals surface area contributed by atoms with Gasteiger partial charge in [-0.15, -0.1) is 0 Å². The number of para-hydroxylation sites is 2. The van der Waals surface area contributed by atoms with Gasteiger partial charge in [0.1, 0.15) is 4.90 Å². The summed E-state index contributed by atoms with van der Waals surface area (Å²) in [6.07, 6.45) is 0. The summed E-state index contributed by atoms with van der Waals surface area (Å²) in [5.41, 5.74) is -0.116. The zero-order valence-corrected chi connectivity index (χ0v) is 17.9. The van der Waals surface area contributed by atoms with Crippen LogP contribution in [-0.2, 0) is 14.8 Å². The van der Waals surface area contributed by atoms with E-state index in [4.69, 9.17) is 37.4 Å². The molecule has 7 nitrogen and oxygen atoms in total. The molecule has 0 N–H and O–H groups in total. The average Bonchev–Trinajstić information content (AvgIpc) is 2.70. The van der Waals surface area contributed by atoms with Gasteiger partial charge in [-0.2, -0.15) is 4.31 Å². The van der Waals surface area contributed by atoms with Gasteiger partial charge in [-0.25, -0.2) is 13.2 Å². The van der Waals surface area contributed by atoms with Crippen LogP contribution in [-0.4, -0.2) is 51.6 Å². The van der Waals surface area contributed by atoms with Crippen molar-refractivity contribution in [2.24, 2.45) is 0 Å². The Morgan fingerprint density at radius 1 is 1.10 bits per heavy atom. The van der Waals surface area contributed by atoms with Gasteiger partial charge in [0.25, 0.3) is 0 Å². The highest BCUT2D eigenvalue weighted by molar-refractivity contribution is 7.89. The molecule has 2 aromatic carbocycles. The molecule has 0 aromatic heterocycles. The van der Waals surface area contributed by atoms with Crippen molar-refractivity contribution in [3.8, 4) is 11.5 Å². The monoisotopic (exact) mass is 459 g/mol. The molecule has 156 valence electrons. The quantitative estimate of drug-likeness (QED) is 0.484. The number of sulfonamides is 1. The number of esters is 1. The number of carbonyl (C=O) groups excluding carboxylic acids is 1. The predicted molar refractivity (Wildman–Crippen MR) is 109 cm³/mol. The van der Waals surface area contributed by atoms with Crippen LogP contribution in [0, 0.1) is 0 Å². The second kappa shape index (κ2) is 9.32. The number of hydrogen-bond donors (Lipinski definition) is 0. The van der Waals surface area contributed by atoms with Gasteiger partial charge in [0, 0.05) is 13.1 Å².